The van der Waals surface area contributed by atoms with E-state index in [9.17, 15) is 0 Å². The zero-order chi connectivity index (χ0) is 14.0. The fourth-order valence-corrected chi connectivity index (χ4v) is 3.11. The number of nitrogens with zero attached hydrogens (tertiary/aromatic N) is 1. The number of aryl methyl sites for hydroxylation is 2. The highest BCUT2D eigenvalue weighted by atomic mass is 79.9. The highest BCUT2D eigenvalue weighted by Gasteiger charge is 2.32. The van der Waals surface area contributed by atoms with Crippen molar-refractivity contribution in [3.8, 4) is 0 Å². The summed E-state index contributed by atoms with van der Waals surface area (Å²) < 4.78 is 6.05. The lowest BCUT2D eigenvalue weighted by Gasteiger charge is -2.42. The Hall–Kier alpha value is -0.380. The third kappa shape index (κ3) is 4.04. The number of halogens is 1. The van der Waals surface area contributed by atoms with Gasteiger partial charge in [-0.05, 0) is 44.4 Å². The van der Waals surface area contributed by atoms with Gasteiger partial charge in [-0.3, -0.25) is 4.90 Å². The average molecular weight is 326 g/mol. The van der Waals surface area contributed by atoms with Crippen LogP contribution in [-0.2, 0) is 11.3 Å². The minimum absolute atomic E-state index is 0.0591. The Kier molecular flexibility index (Phi) is 4.70. The van der Waals surface area contributed by atoms with E-state index in [4.69, 9.17) is 4.74 Å². The second-order valence-electron chi connectivity index (χ2n) is 6.24. The summed E-state index contributed by atoms with van der Waals surface area (Å²) in [5.41, 5.74) is 4.08. The number of rotatable bonds is 3. The van der Waals surface area contributed by atoms with E-state index in [-0.39, 0.29) is 11.7 Å². The van der Waals surface area contributed by atoms with Crippen LogP contribution in [0.5, 0.6) is 0 Å². The molecule has 0 saturated carbocycles. The summed E-state index contributed by atoms with van der Waals surface area (Å²) in [4.78, 5) is 2.50. The smallest absolute Gasteiger partial charge is 0.0806 e. The van der Waals surface area contributed by atoms with Gasteiger partial charge < -0.3 is 4.74 Å². The van der Waals surface area contributed by atoms with E-state index < -0.39 is 0 Å². The van der Waals surface area contributed by atoms with Crippen molar-refractivity contribution in [2.45, 2.75) is 45.9 Å². The van der Waals surface area contributed by atoms with Gasteiger partial charge in [-0.25, -0.2) is 0 Å². The second-order valence-corrected chi connectivity index (χ2v) is 6.89. The Morgan fingerprint density at radius 1 is 1.32 bits per heavy atom. The van der Waals surface area contributed by atoms with Crippen molar-refractivity contribution in [3.63, 3.8) is 0 Å². The first kappa shape index (κ1) is 15.0. The first-order valence-corrected chi connectivity index (χ1v) is 8.04. The molecule has 1 saturated heterocycles. The van der Waals surface area contributed by atoms with Gasteiger partial charge in [0, 0.05) is 25.0 Å². The minimum Gasteiger partial charge on any atom is -0.369 e. The largest absolute Gasteiger partial charge is 0.369 e. The third-order valence-electron chi connectivity index (χ3n) is 3.70. The fourth-order valence-electron chi connectivity index (χ4n) is 2.78. The summed E-state index contributed by atoms with van der Waals surface area (Å²) >= 11 is 3.54. The zero-order valence-electron chi connectivity index (χ0n) is 12.4. The van der Waals surface area contributed by atoms with Gasteiger partial charge in [0.15, 0.2) is 0 Å². The van der Waals surface area contributed by atoms with Gasteiger partial charge in [-0.2, -0.15) is 0 Å². The van der Waals surface area contributed by atoms with Gasteiger partial charge in [0.25, 0.3) is 0 Å². The molecular formula is C16H24BrNO. The number of hydrogen-bond acceptors (Lipinski definition) is 2. The molecule has 0 spiro atoms. The molecule has 2 nitrogen and oxygen atoms in total. The summed E-state index contributed by atoms with van der Waals surface area (Å²) in [7, 11) is 0. The van der Waals surface area contributed by atoms with Crippen LogP contribution in [0.15, 0.2) is 18.2 Å². The molecule has 0 amide bonds. The molecule has 3 heteroatoms. The standard InChI is InChI=1S/C16H24BrNO/c1-12-5-6-14(7-13(12)2)9-18-10-15(8-17)19-16(3,4)11-18/h5-7,15H,8-11H2,1-4H3. The zero-order valence-corrected chi connectivity index (χ0v) is 14.0. The number of alkyl halides is 1. The molecule has 0 N–H and O–H groups in total. The molecule has 0 aliphatic carbocycles. The van der Waals surface area contributed by atoms with E-state index in [1.165, 1.54) is 16.7 Å². The SMILES string of the molecule is Cc1ccc(CN2CC(CBr)OC(C)(C)C2)cc1C. The van der Waals surface area contributed by atoms with Gasteiger partial charge in [0.2, 0.25) is 0 Å². The predicted octanol–water partition coefficient (Wildman–Crippen LogP) is 3.68. The van der Waals surface area contributed by atoms with Gasteiger partial charge >= 0.3 is 0 Å². The molecule has 1 aromatic carbocycles. The van der Waals surface area contributed by atoms with Crippen LogP contribution < -0.4 is 0 Å². The number of morpholine rings is 1. The molecule has 1 unspecified atom stereocenters. The Morgan fingerprint density at radius 2 is 2.05 bits per heavy atom. The summed E-state index contributed by atoms with van der Waals surface area (Å²) in [6.45, 7) is 11.7. The molecule has 0 aromatic heterocycles. The van der Waals surface area contributed by atoms with Crippen molar-refractivity contribution >= 4 is 15.9 Å². The summed E-state index contributed by atoms with van der Waals surface area (Å²) in [5, 5.41) is 0.903. The topological polar surface area (TPSA) is 12.5 Å². The molecule has 1 fully saturated rings. The Bertz CT molecular complexity index is 444. The van der Waals surface area contributed by atoms with E-state index in [0.29, 0.717) is 0 Å². The van der Waals surface area contributed by atoms with Crippen LogP contribution in [0.25, 0.3) is 0 Å². The lowest BCUT2D eigenvalue weighted by Crippen LogP contribution is -2.52. The molecule has 1 aromatic rings. The highest BCUT2D eigenvalue weighted by molar-refractivity contribution is 9.09. The maximum atomic E-state index is 6.05. The van der Waals surface area contributed by atoms with Gasteiger partial charge in [0.05, 0.1) is 11.7 Å². The first-order chi connectivity index (χ1) is 8.89. The van der Waals surface area contributed by atoms with Crippen LogP contribution in [0.3, 0.4) is 0 Å². The predicted molar refractivity (Wildman–Crippen MR) is 83.9 cm³/mol. The first-order valence-electron chi connectivity index (χ1n) is 6.92. The quantitative estimate of drug-likeness (QED) is 0.786. The summed E-state index contributed by atoms with van der Waals surface area (Å²) in [5.74, 6) is 0. The number of benzene rings is 1. The van der Waals surface area contributed by atoms with Crippen molar-refractivity contribution in [3.05, 3.63) is 34.9 Å². The van der Waals surface area contributed by atoms with E-state index in [1.54, 1.807) is 0 Å². The molecule has 0 bridgehead atoms. The Balaban J connectivity index is 2.07. The Morgan fingerprint density at radius 3 is 2.68 bits per heavy atom. The molecule has 2 rings (SSSR count). The molecule has 1 atom stereocenters. The molecule has 1 heterocycles. The minimum atomic E-state index is -0.0591. The van der Waals surface area contributed by atoms with Gasteiger partial charge in [0.1, 0.15) is 0 Å². The number of ether oxygens (including phenoxy) is 1. The maximum Gasteiger partial charge on any atom is 0.0806 e. The monoisotopic (exact) mass is 325 g/mol. The van der Waals surface area contributed by atoms with Crippen LogP contribution in [0.2, 0.25) is 0 Å². The van der Waals surface area contributed by atoms with E-state index in [1.807, 2.05) is 0 Å². The van der Waals surface area contributed by atoms with Crippen LogP contribution in [0, 0.1) is 13.8 Å². The molecule has 19 heavy (non-hydrogen) atoms. The molecule has 1 aliphatic heterocycles. The van der Waals surface area contributed by atoms with Crippen molar-refractivity contribution in [2.75, 3.05) is 18.4 Å². The normalized spacial score (nSPS) is 23.5. The summed E-state index contributed by atoms with van der Waals surface area (Å²) in [6, 6.07) is 6.77. The lowest BCUT2D eigenvalue weighted by atomic mass is 10.0. The highest BCUT2D eigenvalue weighted by Crippen LogP contribution is 2.23. The maximum absolute atomic E-state index is 6.05. The van der Waals surface area contributed by atoms with E-state index >= 15 is 0 Å². The van der Waals surface area contributed by atoms with Crippen molar-refractivity contribution in [1.29, 1.82) is 0 Å². The van der Waals surface area contributed by atoms with Crippen LogP contribution in [0.4, 0.5) is 0 Å². The van der Waals surface area contributed by atoms with Gasteiger partial charge in [-0.15, -0.1) is 0 Å². The Labute approximate surface area is 125 Å². The molecule has 106 valence electrons. The average Bonchev–Trinajstić information content (AvgIpc) is 2.32. The lowest BCUT2D eigenvalue weighted by molar-refractivity contribution is -0.128. The molecule has 0 radical (unpaired) electrons. The van der Waals surface area contributed by atoms with E-state index in [2.05, 4.69) is 66.7 Å². The third-order valence-corrected chi connectivity index (χ3v) is 4.42. The van der Waals surface area contributed by atoms with Crippen molar-refractivity contribution in [2.24, 2.45) is 0 Å². The van der Waals surface area contributed by atoms with E-state index in [0.717, 1.165) is 25.0 Å². The van der Waals surface area contributed by atoms with Crippen LogP contribution in [0.1, 0.15) is 30.5 Å². The molecule has 1 aliphatic rings. The van der Waals surface area contributed by atoms with Gasteiger partial charge in [-0.1, -0.05) is 34.1 Å². The fraction of sp³-hybridized carbons (Fsp3) is 0.625. The summed E-state index contributed by atoms with van der Waals surface area (Å²) in [6.07, 6.45) is 0.287. The number of hydrogen-bond donors (Lipinski definition) is 0. The second kappa shape index (κ2) is 5.94. The molecular weight excluding hydrogens is 302 g/mol. The van der Waals surface area contributed by atoms with Crippen molar-refractivity contribution in [1.82, 2.24) is 4.90 Å². The van der Waals surface area contributed by atoms with Crippen molar-refractivity contribution < 1.29 is 4.74 Å². The van der Waals surface area contributed by atoms with Crippen LogP contribution >= 0.6 is 15.9 Å². The van der Waals surface area contributed by atoms with Crippen LogP contribution in [-0.4, -0.2) is 35.0 Å².